The van der Waals surface area contributed by atoms with Gasteiger partial charge in [-0.2, -0.15) is 0 Å². The van der Waals surface area contributed by atoms with Crippen molar-refractivity contribution >= 4 is 0 Å². The van der Waals surface area contributed by atoms with Crippen LogP contribution < -0.4 is 5.73 Å². The van der Waals surface area contributed by atoms with Crippen molar-refractivity contribution in [3.63, 3.8) is 0 Å². The summed E-state index contributed by atoms with van der Waals surface area (Å²) in [6, 6.07) is 4.81. The molecular weight excluding hydrogens is 219 g/mol. The first-order valence-electron chi connectivity index (χ1n) is 5.90. The Morgan fingerprint density at radius 1 is 1.35 bits per heavy atom. The van der Waals surface area contributed by atoms with Crippen LogP contribution in [0.1, 0.15) is 18.1 Å². The maximum atomic E-state index is 13.1. The molecule has 0 heterocycles. The first kappa shape index (κ1) is 14.1. The monoisotopic (exact) mass is 240 g/mol. The number of halogens is 1. The van der Waals surface area contributed by atoms with E-state index in [1.165, 1.54) is 12.1 Å². The van der Waals surface area contributed by atoms with Gasteiger partial charge in [0.25, 0.3) is 0 Å². The molecule has 0 saturated heterocycles. The van der Waals surface area contributed by atoms with Crippen molar-refractivity contribution in [3.8, 4) is 0 Å². The van der Waals surface area contributed by atoms with E-state index in [4.69, 9.17) is 10.5 Å². The molecule has 0 aliphatic heterocycles. The Balaban J connectivity index is 2.71. The molecule has 0 saturated carbocycles. The molecule has 1 aromatic rings. The van der Waals surface area contributed by atoms with Crippen molar-refractivity contribution in [2.45, 2.75) is 20.0 Å². The minimum atomic E-state index is -0.228. The highest BCUT2D eigenvalue weighted by Gasteiger charge is 2.07. The van der Waals surface area contributed by atoms with E-state index in [2.05, 4.69) is 11.8 Å². The SMILES string of the molecule is CCN(CCOC)Cc1ccc(F)cc1CN. The zero-order chi connectivity index (χ0) is 12.7. The Labute approximate surface area is 102 Å². The van der Waals surface area contributed by atoms with Crippen LogP contribution in [-0.4, -0.2) is 31.7 Å². The zero-order valence-corrected chi connectivity index (χ0v) is 10.6. The Morgan fingerprint density at radius 3 is 2.71 bits per heavy atom. The molecule has 1 aromatic carbocycles. The molecule has 0 amide bonds. The zero-order valence-electron chi connectivity index (χ0n) is 10.6. The lowest BCUT2D eigenvalue weighted by Gasteiger charge is -2.21. The largest absolute Gasteiger partial charge is 0.383 e. The summed E-state index contributed by atoms with van der Waals surface area (Å²) in [5.41, 5.74) is 7.59. The Kier molecular flexibility index (Phi) is 6.11. The van der Waals surface area contributed by atoms with E-state index in [9.17, 15) is 4.39 Å². The Hall–Kier alpha value is -0.970. The van der Waals surface area contributed by atoms with Gasteiger partial charge in [-0.25, -0.2) is 4.39 Å². The van der Waals surface area contributed by atoms with Gasteiger partial charge in [0, 0.05) is 26.7 Å². The third-order valence-electron chi connectivity index (χ3n) is 2.84. The lowest BCUT2D eigenvalue weighted by molar-refractivity contribution is 0.147. The predicted molar refractivity (Wildman–Crippen MR) is 67.1 cm³/mol. The molecule has 0 aliphatic carbocycles. The van der Waals surface area contributed by atoms with Gasteiger partial charge in [0.15, 0.2) is 0 Å². The molecule has 2 N–H and O–H groups in total. The number of nitrogens with zero attached hydrogens (tertiary/aromatic N) is 1. The minimum Gasteiger partial charge on any atom is -0.383 e. The van der Waals surface area contributed by atoms with E-state index in [0.717, 1.165) is 30.8 Å². The molecule has 0 atom stereocenters. The number of ether oxygens (including phenoxy) is 1. The van der Waals surface area contributed by atoms with Crippen LogP contribution in [0.5, 0.6) is 0 Å². The highest BCUT2D eigenvalue weighted by atomic mass is 19.1. The van der Waals surface area contributed by atoms with E-state index in [1.807, 2.05) is 6.07 Å². The number of rotatable bonds is 7. The number of nitrogens with two attached hydrogens (primary N) is 1. The summed E-state index contributed by atoms with van der Waals surface area (Å²) in [4.78, 5) is 2.25. The van der Waals surface area contributed by atoms with Crippen molar-refractivity contribution in [1.29, 1.82) is 0 Å². The Bertz CT molecular complexity index is 344. The molecule has 0 aliphatic rings. The fraction of sp³-hybridized carbons (Fsp3) is 0.538. The molecule has 1 rings (SSSR count). The predicted octanol–water partition coefficient (Wildman–Crippen LogP) is 1.75. The first-order valence-corrected chi connectivity index (χ1v) is 5.90. The smallest absolute Gasteiger partial charge is 0.123 e. The third-order valence-corrected chi connectivity index (χ3v) is 2.84. The van der Waals surface area contributed by atoms with Gasteiger partial charge in [-0.05, 0) is 29.8 Å². The molecule has 0 spiro atoms. The van der Waals surface area contributed by atoms with Gasteiger partial charge in [-0.15, -0.1) is 0 Å². The topological polar surface area (TPSA) is 38.5 Å². The van der Waals surface area contributed by atoms with E-state index < -0.39 is 0 Å². The molecule has 0 radical (unpaired) electrons. The summed E-state index contributed by atoms with van der Waals surface area (Å²) < 4.78 is 18.1. The maximum absolute atomic E-state index is 13.1. The third kappa shape index (κ3) is 4.42. The second-order valence-electron chi connectivity index (χ2n) is 3.98. The molecule has 0 unspecified atom stereocenters. The molecule has 4 heteroatoms. The van der Waals surface area contributed by atoms with Gasteiger partial charge in [0.05, 0.1) is 6.61 Å². The summed E-state index contributed by atoms with van der Waals surface area (Å²) in [5, 5.41) is 0. The fourth-order valence-electron chi connectivity index (χ4n) is 1.75. The molecule has 3 nitrogen and oxygen atoms in total. The highest BCUT2D eigenvalue weighted by molar-refractivity contribution is 5.27. The molecule has 0 bridgehead atoms. The number of hydrogen-bond donors (Lipinski definition) is 1. The number of likely N-dealkylation sites (N-methyl/N-ethyl adjacent to an activating group) is 1. The average molecular weight is 240 g/mol. The lowest BCUT2D eigenvalue weighted by atomic mass is 10.1. The second kappa shape index (κ2) is 7.37. The van der Waals surface area contributed by atoms with Crippen LogP contribution in [-0.2, 0) is 17.8 Å². The van der Waals surface area contributed by atoms with Gasteiger partial charge in [0.1, 0.15) is 5.82 Å². The van der Waals surface area contributed by atoms with Gasteiger partial charge in [0.2, 0.25) is 0 Å². The van der Waals surface area contributed by atoms with Crippen LogP contribution in [0, 0.1) is 5.82 Å². The number of methoxy groups -OCH3 is 1. The van der Waals surface area contributed by atoms with Crippen LogP contribution >= 0.6 is 0 Å². The van der Waals surface area contributed by atoms with E-state index in [1.54, 1.807) is 7.11 Å². The quantitative estimate of drug-likeness (QED) is 0.789. The minimum absolute atomic E-state index is 0.228. The summed E-state index contributed by atoms with van der Waals surface area (Å²) in [5.74, 6) is -0.228. The van der Waals surface area contributed by atoms with Crippen molar-refractivity contribution in [2.24, 2.45) is 5.73 Å². The lowest BCUT2D eigenvalue weighted by Crippen LogP contribution is -2.27. The summed E-state index contributed by atoms with van der Waals surface area (Å²) >= 11 is 0. The summed E-state index contributed by atoms with van der Waals surface area (Å²) in [7, 11) is 1.69. The van der Waals surface area contributed by atoms with E-state index >= 15 is 0 Å². The summed E-state index contributed by atoms with van der Waals surface area (Å²) in [6.45, 7) is 5.76. The molecule has 96 valence electrons. The maximum Gasteiger partial charge on any atom is 0.123 e. The first-order chi connectivity index (χ1) is 8.21. The van der Waals surface area contributed by atoms with Crippen molar-refractivity contribution in [2.75, 3.05) is 26.8 Å². The average Bonchev–Trinajstić information content (AvgIpc) is 2.35. The fourth-order valence-corrected chi connectivity index (χ4v) is 1.75. The van der Waals surface area contributed by atoms with E-state index in [-0.39, 0.29) is 5.82 Å². The normalized spacial score (nSPS) is 11.1. The molecule has 0 fully saturated rings. The van der Waals surface area contributed by atoms with Crippen molar-refractivity contribution in [1.82, 2.24) is 4.90 Å². The number of benzene rings is 1. The van der Waals surface area contributed by atoms with Crippen molar-refractivity contribution < 1.29 is 9.13 Å². The van der Waals surface area contributed by atoms with Crippen LogP contribution in [0.25, 0.3) is 0 Å². The van der Waals surface area contributed by atoms with Gasteiger partial charge in [-0.1, -0.05) is 13.0 Å². The second-order valence-corrected chi connectivity index (χ2v) is 3.98. The van der Waals surface area contributed by atoms with Crippen LogP contribution in [0.2, 0.25) is 0 Å². The van der Waals surface area contributed by atoms with Gasteiger partial charge in [-0.3, -0.25) is 4.90 Å². The van der Waals surface area contributed by atoms with Crippen LogP contribution in [0.15, 0.2) is 18.2 Å². The highest BCUT2D eigenvalue weighted by Crippen LogP contribution is 2.13. The van der Waals surface area contributed by atoms with Gasteiger partial charge < -0.3 is 10.5 Å². The summed E-state index contributed by atoms with van der Waals surface area (Å²) in [6.07, 6.45) is 0. The van der Waals surface area contributed by atoms with Gasteiger partial charge >= 0.3 is 0 Å². The molecular formula is C13H21FN2O. The Morgan fingerprint density at radius 2 is 2.12 bits per heavy atom. The molecule has 17 heavy (non-hydrogen) atoms. The van der Waals surface area contributed by atoms with Crippen LogP contribution in [0.4, 0.5) is 4.39 Å². The molecule has 0 aromatic heterocycles. The van der Waals surface area contributed by atoms with Crippen LogP contribution in [0.3, 0.4) is 0 Å². The van der Waals surface area contributed by atoms with E-state index in [0.29, 0.717) is 13.2 Å². The van der Waals surface area contributed by atoms with Crippen molar-refractivity contribution in [3.05, 3.63) is 35.1 Å². The standard InChI is InChI=1S/C13H21FN2O/c1-3-16(6-7-17-2)10-11-4-5-13(14)8-12(11)9-15/h4-5,8H,3,6-7,9-10,15H2,1-2H3. The number of hydrogen-bond acceptors (Lipinski definition) is 3.